The smallest absolute Gasteiger partial charge is 0.252 e. The van der Waals surface area contributed by atoms with Gasteiger partial charge < -0.3 is 15.5 Å². The second-order valence-electron chi connectivity index (χ2n) is 5.93. The maximum atomic E-state index is 13.0. The molecule has 0 bridgehead atoms. The summed E-state index contributed by atoms with van der Waals surface area (Å²) in [6, 6.07) is 11.5. The van der Waals surface area contributed by atoms with Gasteiger partial charge in [0.2, 0.25) is 5.91 Å². The van der Waals surface area contributed by atoms with E-state index in [1.54, 1.807) is 31.2 Å². The zero-order chi connectivity index (χ0) is 18.7. The van der Waals surface area contributed by atoms with Crippen molar-refractivity contribution in [3.63, 3.8) is 0 Å². The number of hydrogen-bond acceptors (Lipinski definition) is 3. The third kappa shape index (κ3) is 3.72. The topological polar surface area (TPSA) is 78.5 Å². The summed E-state index contributed by atoms with van der Waals surface area (Å²) in [4.78, 5) is 37.5. The summed E-state index contributed by atoms with van der Waals surface area (Å²) in [5, 5.41) is 5.36. The number of benzene rings is 2. The number of carbonyl (C=O) groups excluding carboxylic acids is 3. The average Bonchev–Trinajstić information content (AvgIpc) is 2.65. The zero-order valence-electron chi connectivity index (χ0n) is 14.2. The first-order valence-electron chi connectivity index (χ1n) is 8.25. The highest BCUT2D eigenvalue weighted by atomic mass is 19.1. The highest BCUT2D eigenvalue weighted by molar-refractivity contribution is 6.07. The quantitative estimate of drug-likeness (QED) is 0.808. The first kappa shape index (κ1) is 17.6. The van der Waals surface area contributed by atoms with E-state index < -0.39 is 11.9 Å². The Kier molecular flexibility index (Phi) is 4.97. The molecule has 1 aliphatic rings. The van der Waals surface area contributed by atoms with Crippen molar-refractivity contribution >= 4 is 29.1 Å². The van der Waals surface area contributed by atoms with Crippen LogP contribution in [0.25, 0.3) is 0 Å². The Morgan fingerprint density at radius 1 is 1.19 bits per heavy atom. The molecule has 1 aliphatic heterocycles. The van der Waals surface area contributed by atoms with Gasteiger partial charge in [-0.3, -0.25) is 14.4 Å². The standard InChI is InChI=1S/C19H18FN3O3/c1-2-17(24)21-14-5-3-4-12(10-14)18(25)22-16-11-23(19(16)26)15-8-6-13(20)7-9-15/h3-10,16H,2,11H2,1H3,(H,21,24)(H,22,25). The number of amides is 3. The van der Waals surface area contributed by atoms with Gasteiger partial charge in [0.1, 0.15) is 11.9 Å². The number of rotatable bonds is 5. The number of anilines is 2. The van der Waals surface area contributed by atoms with Crippen LogP contribution in [-0.2, 0) is 9.59 Å². The monoisotopic (exact) mass is 355 g/mol. The molecule has 6 nitrogen and oxygen atoms in total. The second-order valence-corrected chi connectivity index (χ2v) is 5.93. The molecule has 26 heavy (non-hydrogen) atoms. The lowest BCUT2D eigenvalue weighted by Gasteiger charge is -2.38. The van der Waals surface area contributed by atoms with Crippen molar-refractivity contribution < 1.29 is 18.8 Å². The molecule has 0 saturated carbocycles. The molecule has 0 aromatic heterocycles. The molecule has 1 fully saturated rings. The van der Waals surface area contributed by atoms with E-state index in [4.69, 9.17) is 0 Å². The lowest BCUT2D eigenvalue weighted by molar-refractivity contribution is -0.124. The van der Waals surface area contributed by atoms with Crippen LogP contribution < -0.4 is 15.5 Å². The molecule has 1 saturated heterocycles. The van der Waals surface area contributed by atoms with E-state index in [1.165, 1.54) is 29.2 Å². The highest BCUT2D eigenvalue weighted by Crippen LogP contribution is 2.22. The number of halogens is 1. The summed E-state index contributed by atoms with van der Waals surface area (Å²) in [6.07, 6.45) is 0.340. The van der Waals surface area contributed by atoms with Gasteiger partial charge in [-0.2, -0.15) is 0 Å². The fourth-order valence-electron chi connectivity index (χ4n) is 2.62. The molecular formula is C19H18FN3O3. The van der Waals surface area contributed by atoms with E-state index in [9.17, 15) is 18.8 Å². The molecule has 1 heterocycles. The molecule has 134 valence electrons. The van der Waals surface area contributed by atoms with Gasteiger partial charge in [-0.25, -0.2) is 4.39 Å². The molecule has 2 N–H and O–H groups in total. The zero-order valence-corrected chi connectivity index (χ0v) is 14.2. The van der Waals surface area contributed by atoms with Crippen LogP contribution in [0.1, 0.15) is 23.7 Å². The maximum Gasteiger partial charge on any atom is 0.252 e. The molecule has 0 spiro atoms. The minimum atomic E-state index is -0.624. The molecule has 7 heteroatoms. The summed E-state index contributed by atoms with van der Waals surface area (Å²) in [7, 11) is 0. The Morgan fingerprint density at radius 2 is 1.92 bits per heavy atom. The minimum Gasteiger partial charge on any atom is -0.339 e. The van der Waals surface area contributed by atoms with E-state index in [-0.39, 0.29) is 17.6 Å². The summed E-state index contributed by atoms with van der Waals surface area (Å²) in [5.41, 5.74) is 1.47. The summed E-state index contributed by atoms with van der Waals surface area (Å²) >= 11 is 0. The lowest BCUT2D eigenvalue weighted by Crippen LogP contribution is -2.64. The number of hydrogen-bond donors (Lipinski definition) is 2. The number of carbonyl (C=O) groups is 3. The first-order chi connectivity index (χ1) is 12.5. The largest absolute Gasteiger partial charge is 0.339 e. The van der Waals surface area contributed by atoms with Crippen molar-refractivity contribution in [2.45, 2.75) is 19.4 Å². The van der Waals surface area contributed by atoms with Crippen LogP contribution in [0, 0.1) is 5.82 Å². The van der Waals surface area contributed by atoms with Gasteiger partial charge in [0.05, 0.1) is 6.54 Å². The molecule has 3 amide bonds. The molecule has 3 rings (SSSR count). The third-order valence-electron chi connectivity index (χ3n) is 4.10. The summed E-state index contributed by atoms with van der Waals surface area (Å²) in [5.74, 6) is -1.16. The van der Waals surface area contributed by atoms with E-state index >= 15 is 0 Å². The van der Waals surface area contributed by atoms with Crippen LogP contribution in [0.3, 0.4) is 0 Å². The fourth-order valence-corrected chi connectivity index (χ4v) is 2.62. The first-order valence-corrected chi connectivity index (χ1v) is 8.25. The van der Waals surface area contributed by atoms with E-state index in [2.05, 4.69) is 10.6 Å². The van der Waals surface area contributed by atoms with Crippen LogP contribution in [0.5, 0.6) is 0 Å². The predicted molar refractivity (Wildman–Crippen MR) is 95.4 cm³/mol. The summed E-state index contributed by atoms with van der Waals surface area (Å²) in [6.45, 7) is 2.06. The van der Waals surface area contributed by atoms with Crippen molar-refractivity contribution in [1.29, 1.82) is 0 Å². The lowest BCUT2D eigenvalue weighted by atomic mass is 10.1. The van der Waals surface area contributed by atoms with Gasteiger partial charge in [0.25, 0.3) is 11.8 Å². The fraction of sp³-hybridized carbons (Fsp3) is 0.211. The third-order valence-corrected chi connectivity index (χ3v) is 4.10. The van der Waals surface area contributed by atoms with Crippen molar-refractivity contribution in [3.05, 3.63) is 59.9 Å². The SMILES string of the molecule is CCC(=O)Nc1cccc(C(=O)NC2CN(c3ccc(F)cc3)C2=O)c1. The van der Waals surface area contributed by atoms with Crippen molar-refractivity contribution in [3.8, 4) is 0 Å². The van der Waals surface area contributed by atoms with Gasteiger partial charge in [0, 0.05) is 23.4 Å². The predicted octanol–water partition coefficient (Wildman–Crippen LogP) is 2.32. The Hall–Kier alpha value is -3.22. The van der Waals surface area contributed by atoms with Gasteiger partial charge in [-0.05, 0) is 42.5 Å². The second kappa shape index (κ2) is 7.35. The molecule has 0 radical (unpaired) electrons. The van der Waals surface area contributed by atoms with Crippen molar-refractivity contribution in [1.82, 2.24) is 5.32 Å². The average molecular weight is 355 g/mol. The van der Waals surface area contributed by atoms with E-state index in [0.29, 0.717) is 29.9 Å². The van der Waals surface area contributed by atoms with Gasteiger partial charge >= 0.3 is 0 Å². The minimum absolute atomic E-state index is 0.147. The highest BCUT2D eigenvalue weighted by Gasteiger charge is 2.38. The summed E-state index contributed by atoms with van der Waals surface area (Å²) < 4.78 is 13.0. The Balaban J connectivity index is 1.61. The van der Waals surface area contributed by atoms with Crippen molar-refractivity contribution in [2.24, 2.45) is 0 Å². The molecule has 1 unspecified atom stereocenters. The maximum absolute atomic E-state index is 13.0. The van der Waals surface area contributed by atoms with E-state index in [1.807, 2.05) is 0 Å². The number of nitrogens with zero attached hydrogens (tertiary/aromatic N) is 1. The number of nitrogens with one attached hydrogen (secondary N) is 2. The Labute approximate surface area is 150 Å². The Bertz CT molecular complexity index is 851. The van der Waals surface area contributed by atoms with Crippen LogP contribution in [0.15, 0.2) is 48.5 Å². The normalized spacial score (nSPS) is 16.0. The molecule has 2 aromatic rings. The van der Waals surface area contributed by atoms with Crippen LogP contribution in [0.4, 0.5) is 15.8 Å². The van der Waals surface area contributed by atoms with Crippen LogP contribution in [-0.4, -0.2) is 30.3 Å². The molecule has 0 aliphatic carbocycles. The molecular weight excluding hydrogens is 337 g/mol. The van der Waals surface area contributed by atoms with Gasteiger partial charge in [-0.1, -0.05) is 13.0 Å². The van der Waals surface area contributed by atoms with Crippen LogP contribution >= 0.6 is 0 Å². The van der Waals surface area contributed by atoms with Gasteiger partial charge in [-0.15, -0.1) is 0 Å². The number of β-lactam (4-membered cyclic amide) rings is 1. The molecule has 2 aromatic carbocycles. The molecule has 1 atom stereocenters. The Morgan fingerprint density at radius 3 is 2.58 bits per heavy atom. The van der Waals surface area contributed by atoms with Crippen LogP contribution in [0.2, 0.25) is 0 Å². The van der Waals surface area contributed by atoms with Crippen molar-refractivity contribution in [2.75, 3.05) is 16.8 Å². The van der Waals surface area contributed by atoms with Gasteiger partial charge in [0.15, 0.2) is 0 Å². The van der Waals surface area contributed by atoms with E-state index in [0.717, 1.165) is 0 Å².